The van der Waals surface area contributed by atoms with Crippen molar-refractivity contribution in [1.29, 1.82) is 0 Å². The SMILES string of the molecule is CCC(O)[SiH2]C. The first kappa shape index (κ1) is 6.18. The standard InChI is InChI=1S/C4H12OSi/c1-3-4(5)6-2/h4-5H,3,6H2,1-2H3. The van der Waals surface area contributed by atoms with Crippen LogP contribution in [0.1, 0.15) is 13.3 Å². The Morgan fingerprint density at radius 1 is 1.83 bits per heavy atom. The van der Waals surface area contributed by atoms with Crippen LogP contribution in [-0.2, 0) is 0 Å². The molecule has 0 aliphatic carbocycles. The molecule has 0 rings (SSSR count). The first-order valence-electron chi connectivity index (χ1n) is 2.49. The molecule has 0 saturated carbocycles. The second-order valence-corrected chi connectivity index (χ2v) is 3.23. The van der Waals surface area contributed by atoms with Gasteiger partial charge < -0.3 is 5.11 Å². The Balaban J connectivity index is 2.75. The van der Waals surface area contributed by atoms with Crippen LogP contribution in [0.3, 0.4) is 0 Å². The molecule has 1 nitrogen and oxygen atoms in total. The van der Waals surface area contributed by atoms with Gasteiger partial charge >= 0.3 is 0 Å². The summed E-state index contributed by atoms with van der Waals surface area (Å²) < 4.78 is 0. The zero-order valence-corrected chi connectivity index (χ0v) is 5.85. The van der Waals surface area contributed by atoms with Crippen molar-refractivity contribution in [3.63, 3.8) is 0 Å². The van der Waals surface area contributed by atoms with Crippen molar-refractivity contribution in [2.45, 2.75) is 25.6 Å². The first-order valence-corrected chi connectivity index (χ1v) is 4.72. The summed E-state index contributed by atoms with van der Waals surface area (Å²) in [5.41, 5.74) is 0.0741. The Bertz CT molecular complexity index is 26.7. The molecule has 0 fully saturated rings. The highest BCUT2D eigenvalue weighted by molar-refractivity contribution is 6.35. The van der Waals surface area contributed by atoms with Crippen LogP contribution in [0.4, 0.5) is 0 Å². The van der Waals surface area contributed by atoms with Gasteiger partial charge in [-0.05, 0) is 6.42 Å². The normalized spacial score (nSPS) is 16.5. The minimum atomic E-state index is -0.106. The highest BCUT2D eigenvalue weighted by Gasteiger charge is 1.91. The van der Waals surface area contributed by atoms with E-state index in [1.165, 1.54) is 0 Å². The van der Waals surface area contributed by atoms with E-state index in [0.717, 1.165) is 6.42 Å². The van der Waals surface area contributed by atoms with Crippen molar-refractivity contribution in [2.24, 2.45) is 0 Å². The second kappa shape index (κ2) is 3.37. The molecule has 0 spiro atoms. The Kier molecular flexibility index (Phi) is 3.47. The molecule has 0 aromatic carbocycles. The average Bonchev–Trinajstić information content (AvgIpc) is 1.65. The van der Waals surface area contributed by atoms with Crippen LogP contribution < -0.4 is 0 Å². The second-order valence-electron chi connectivity index (χ2n) is 1.47. The predicted molar refractivity (Wildman–Crippen MR) is 30.7 cm³/mol. The van der Waals surface area contributed by atoms with Gasteiger partial charge in [0.05, 0.1) is 9.52 Å². The molecule has 1 unspecified atom stereocenters. The van der Waals surface area contributed by atoms with Gasteiger partial charge in [-0.2, -0.15) is 0 Å². The van der Waals surface area contributed by atoms with Crippen molar-refractivity contribution in [3.05, 3.63) is 0 Å². The highest BCUT2D eigenvalue weighted by Crippen LogP contribution is 1.83. The van der Waals surface area contributed by atoms with E-state index >= 15 is 0 Å². The third kappa shape index (κ3) is 2.42. The molecule has 38 valence electrons. The van der Waals surface area contributed by atoms with Gasteiger partial charge in [0.1, 0.15) is 0 Å². The first-order chi connectivity index (χ1) is 2.81. The van der Waals surface area contributed by atoms with Crippen LogP contribution in [-0.4, -0.2) is 20.4 Å². The molecular weight excluding hydrogens is 92.1 g/mol. The molecule has 0 amide bonds. The lowest BCUT2D eigenvalue weighted by Crippen LogP contribution is -2.09. The van der Waals surface area contributed by atoms with E-state index in [2.05, 4.69) is 6.55 Å². The van der Waals surface area contributed by atoms with Gasteiger partial charge in [-0.25, -0.2) is 0 Å². The third-order valence-electron chi connectivity index (χ3n) is 0.942. The van der Waals surface area contributed by atoms with Crippen LogP contribution in [0.25, 0.3) is 0 Å². The quantitative estimate of drug-likeness (QED) is 0.486. The fraction of sp³-hybridized carbons (Fsp3) is 1.00. The smallest absolute Gasteiger partial charge is 0.0521 e. The van der Waals surface area contributed by atoms with E-state index in [1.54, 1.807) is 0 Å². The zero-order valence-electron chi connectivity index (χ0n) is 4.44. The van der Waals surface area contributed by atoms with Crippen LogP contribution in [0.5, 0.6) is 0 Å². The molecule has 0 bridgehead atoms. The molecule has 0 saturated heterocycles. The number of rotatable bonds is 2. The summed E-state index contributed by atoms with van der Waals surface area (Å²) in [5.74, 6) is 0. The van der Waals surface area contributed by atoms with Crippen LogP contribution in [0.15, 0.2) is 0 Å². The van der Waals surface area contributed by atoms with Crippen molar-refractivity contribution in [2.75, 3.05) is 0 Å². The number of aliphatic hydroxyl groups excluding tert-OH is 1. The van der Waals surface area contributed by atoms with E-state index in [-0.39, 0.29) is 15.2 Å². The number of hydrogen-bond acceptors (Lipinski definition) is 1. The van der Waals surface area contributed by atoms with E-state index in [1.807, 2.05) is 6.92 Å². The minimum absolute atomic E-state index is 0.0741. The lowest BCUT2D eigenvalue weighted by molar-refractivity contribution is 0.248. The van der Waals surface area contributed by atoms with Crippen LogP contribution in [0, 0.1) is 0 Å². The molecule has 0 aromatic rings. The lowest BCUT2D eigenvalue weighted by atomic mass is 10.5. The molecule has 6 heavy (non-hydrogen) atoms. The molecule has 0 aliphatic heterocycles. The van der Waals surface area contributed by atoms with Crippen molar-refractivity contribution in [1.82, 2.24) is 0 Å². The van der Waals surface area contributed by atoms with Gasteiger partial charge in [-0.1, -0.05) is 13.5 Å². The van der Waals surface area contributed by atoms with E-state index in [4.69, 9.17) is 5.11 Å². The Labute approximate surface area is 41.2 Å². The van der Waals surface area contributed by atoms with Gasteiger partial charge in [0.25, 0.3) is 0 Å². The lowest BCUT2D eigenvalue weighted by Gasteiger charge is -1.97. The van der Waals surface area contributed by atoms with Gasteiger partial charge in [-0.3, -0.25) is 0 Å². The summed E-state index contributed by atoms with van der Waals surface area (Å²) in [5, 5.41) is 8.73. The summed E-state index contributed by atoms with van der Waals surface area (Å²) in [6.07, 6.45) is 0.947. The van der Waals surface area contributed by atoms with Gasteiger partial charge in [0, 0.05) is 5.73 Å². The number of aliphatic hydroxyl groups is 1. The van der Waals surface area contributed by atoms with Crippen molar-refractivity contribution in [3.8, 4) is 0 Å². The van der Waals surface area contributed by atoms with E-state index < -0.39 is 0 Å². The van der Waals surface area contributed by atoms with Crippen molar-refractivity contribution < 1.29 is 5.11 Å². The zero-order chi connectivity index (χ0) is 4.99. The molecule has 0 aliphatic rings. The topological polar surface area (TPSA) is 20.2 Å². The largest absolute Gasteiger partial charge is 0.397 e. The Morgan fingerprint density at radius 3 is 2.33 bits per heavy atom. The molecule has 0 heterocycles. The molecule has 0 radical (unpaired) electrons. The summed E-state index contributed by atoms with van der Waals surface area (Å²) in [6.45, 7) is 4.13. The molecule has 1 N–H and O–H groups in total. The molecule has 2 heteroatoms. The third-order valence-corrected chi connectivity index (χ3v) is 2.46. The van der Waals surface area contributed by atoms with Crippen molar-refractivity contribution >= 4 is 9.52 Å². The summed E-state index contributed by atoms with van der Waals surface area (Å²) in [7, 11) is -0.106. The van der Waals surface area contributed by atoms with Gasteiger partial charge in [0.2, 0.25) is 0 Å². The highest BCUT2D eigenvalue weighted by atomic mass is 28.2. The van der Waals surface area contributed by atoms with Crippen LogP contribution >= 0.6 is 0 Å². The minimum Gasteiger partial charge on any atom is -0.397 e. The number of hydrogen-bond donors (Lipinski definition) is 1. The van der Waals surface area contributed by atoms with Gasteiger partial charge in [0.15, 0.2) is 0 Å². The summed E-state index contributed by atoms with van der Waals surface area (Å²) in [6, 6.07) is 0. The van der Waals surface area contributed by atoms with Gasteiger partial charge in [-0.15, -0.1) is 0 Å². The molecular formula is C4H12OSi. The monoisotopic (exact) mass is 104 g/mol. The molecule has 0 aromatic heterocycles. The summed E-state index contributed by atoms with van der Waals surface area (Å²) >= 11 is 0. The maximum atomic E-state index is 8.73. The van der Waals surface area contributed by atoms with E-state index in [0.29, 0.717) is 0 Å². The fourth-order valence-electron chi connectivity index (χ4n) is 0.289. The molecule has 1 atom stereocenters. The fourth-order valence-corrected chi connectivity index (χ4v) is 0.866. The summed E-state index contributed by atoms with van der Waals surface area (Å²) in [4.78, 5) is 0. The maximum Gasteiger partial charge on any atom is 0.0521 e. The average molecular weight is 104 g/mol. The Morgan fingerprint density at radius 2 is 2.33 bits per heavy atom. The van der Waals surface area contributed by atoms with E-state index in [9.17, 15) is 0 Å². The maximum absolute atomic E-state index is 8.73. The Hall–Kier alpha value is 0.177. The predicted octanol–water partition coefficient (Wildman–Crippen LogP) is -0.0683. The van der Waals surface area contributed by atoms with Crippen LogP contribution in [0.2, 0.25) is 6.55 Å².